The third-order valence-corrected chi connectivity index (χ3v) is 8.44. The van der Waals surface area contributed by atoms with Crippen LogP contribution in [0.5, 0.6) is 0 Å². The Balaban J connectivity index is 1.67. The standard InChI is InChI=1S/C34H54N4O7/c1-5-6-7-8-9-10-11-14-25-44-32(40)29(20-17-26-15-18-27(19-16-26)38(42)43)35-28-21-22-30(33(41)45-34(2,3)4)36-23-12-13-24-37(36)31(28)39/h15-16,18-19,28-30,35H,5-14,17,20-25H2,1-4H3/t28-,29-,30-/m0/s1. The van der Waals surface area contributed by atoms with Crippen molar-refractivity contribution in [3.8, 4) is 0 Å². The Bertz CT molecular complexity index is 1100. The van der Waals surface area contributed by atoms with E-state index in [9.17, 15) is 24.5 Å². The van der Waals surface area contributed by atoms with Gasteiger partial charge in [-0.1, -0.05) is 64.0 Å². The maximum Gasteiger partial charge on any atom is 0.325 e. The van der Waals surface area contributed by atoms with Crippen LogP contribution in [-0.4, -0.2) is 76.2 Å². The summed E-state index contributed by atoms with van der Waals surface area (Å²) in [6.45, 7) is 9.12. The second kappa shape index (κ2) is 18.2. The monoisotopic (exact) mass is 630 g/mol. The second-order valence-electron chi connectivity index (χ2n) is 13.3. The van der Waals surface area contributed by atoms with Crippen molar-refractivity contribution in [1.82, 2.24) is 15.3 Å². The highest BCUT2D eigenvalue weighted by atomic mass is 16.6. The lowest BCUT2D eigenvalue weighted by molar-refractivity contribution is -0.384. The van der Waals surface area contributed by atoms with Crippen LogP contribution in [0.2, 0.25) is 0 Å². The molecule has 0 radical (unpaired) electrons. The van der Waals surface area contributed by atoms with Crippen LogP contribution >= 0.6 is 0 Å². The average molecular weight is 631 g/mol. The molecule has 0 aromatic heterocycles. The molecule has 0 aliphatic carbocycles. The first-order valence-corrected chi connectivity index (χ1v) is 17.0. The van der Waals surface area contributed by atoms with Crippen molar-refractivity contribution >= 4 is 23.5 Å². The summed E-state index contributed by atoms with van der Waals surface area (Å²) in [6.07, 6.45) is 12.4. The van der Waals surface area contributed by atoms with Gasteiger partial charge in [0.2, 0.25) is 0 Å². The first-order valence-electron chi connectivity index (χ1n) is 17.0. The number of nitrogens with one attached hydrogen (secondary N) is 1. The fourth-order valence-electron chi connectivity index (χ4n) is 6.00. The summed E-state index contributed by atoms with van der Waals surface area (Å²) in [4.78, 5) is 51.1. The van der Waals surface area contributed by atoms with E-state index >= 15 is 0 Å². The zero-order valence-corrected chi connectivity index (χ0v) is 27.8. The van der Waals surface area contributed by atoms with Crippen molar-refractivity contribution in [3.05, 3.63) is 39.9 Å². The number of hydrogen-bond donors (Lipinski definition) is 1. The van der Waals surface area contributed by atoms with E-state index in [4.69, 9.17) is 9.47 Å². The molecule has 0 spiro atoms. The van der Waals surface area contributed by atoms with Crippen molar-refractivity contribution in [2.75, 3.05) is 19.7 Å². The van der Waals surface area contributed by atoms with Crippen LogP contribution in [0.15, 0.2) is 24.3 Å². The smallest absolute Gasteiger partial charge is 0.325 e. The third-order valence-electron chi connectivity index (χ3n) is 8.44. The molecule has 0 unspecified atom stereocenters. The second-order valence-corrected chi connectivity index (χ2v) is 13.3. The highest BCUT2D eigenvalue weighted by Gasteiger charge is 2.43. The predicted octanol–water partition coefficient (Wildman–Crippen LogP) is 5.88. The van der Waals surface area contributed by atoms with E-state index < -0.39 is 34.6 Å². The Morgan fingerprint density at radius 2 is 1.64 bits per heavy atom. The van der Waals surface area contributed by atoms with Gasteiger partial charge in [-0.05, 0) is 71.3 Å². The van der Waals surface area contributed by atoms with Crippen molar-refractivity contribution in [2.24, 2.45) is 0 Å². The number of unbranched alkanes of at least 4 members (excludes halogenated alkanes) is 7. The van der Waals surface area contributed by atoms with Gasteiger partial charge in [0.1, 0.15) is 17.7 Å². The maximum absolute atomic E-state index is 13.8. The van der Waals surface area contributed by atoms with E-state index in [0.717, 1.165) is 37.7 Å². The van der Waals surface area contributed by atoms with Crippen LogP contribution in [0.4, 0.5) is 5.69 Å². The predicted molar refractivity (Wildman–Crippen MR) is 172 cm³/mol. The van der Waals surface area contributed by atoms with E-state index in [-0.39, 0.29) is 17.6 Å². The Morgan fingerprint density at radius 1 is 1.00 bits per heavy atom. The summed E-state index contributed by atoms with van der Waals surface area (Å²) in [5, 5.41) is 17.9. The van der Waals surface area contributed by atoms with Crippen LogP contribution in [0.1, 0.15) is 117 Å². The fraction of sp³-hybridized carbons (Fsp3) is 0.735. The van der Waals surface area contributed by atoms with E-state index in [0.29, 0.717) is 45.4 Å². The van der Waals surface area contributed by atoms with Gasteiger partial charge < -0.3 is 9.47 Å². The number of rotatable bonds is 17. The first-order chi connectivity index (χ1) is 21.5. The van der Waals surface area contributed by atoms with Crippen LogP contribution < -0.4 is 5.32 Å². The molecule has 11 heteroatoms. The Labute approximate surface area is 268 Å². The topological polar surface area (TPSA) is 131 Å². The molecule has 1 aromatic rings. The van der Waals surface area contributed by atoms with Crippen LogP contribution in [0, 0.1) is 10.1 Å². The summed E-state index contributed by atoms with van der Waals surface area (Å²) < 4.78 is 11.4. The lowest BCUT2D eigenvalue weighted by Gasteiger charge is -2.41. The fourth-order valence-corrected chi connectivity index (χ4v) is 6.00. The van der Waals surface area contributed by atoms with E-state index in [2.05, 4.69) is 12.2 Å². The van der Waals surface area contributed by atoms with Crippen LogP contribution in [0.3, 0.4) is 0 Å². The maximum atomic E-state index is 13.8. The minimum Gasteiger partial charge on any atom is -0.465 e. The highest BCUT2D eigenvalue weighted by Crippen LogP contribution is 2.26. The van der Waals surface area contributed by atoms with Crippen LogP contribution in [0.25, 0.3) is 0 Å². The number of benzene rings is 1. The number of fused-ring (bicyclic) bond motifs is 1. The van der Waals surface area contributed by atoms with Gasteiger partial charge in [-0.25, -0.2) is 5.01 Å². The summed E-state index contributed by atoms with van der Waals surface area (Å²) in [5.41, 5.74) is 0.212. The molecule has 2 saturated heterocycles. The number of nitro benzene ring substituents is 1. The number of nitro groups is 1. The summed E-state index contributed by atoms with van der Waals surface area (Å²) in [6, 6.07) is 4.29. The first kappa shape index (κ1) is 36.4. The molecular formula is C34H54N4O7. The molecule has 252 valence electrons. The number of non-ortho nitro benzene ring substituents is 1. The van der Waals surface area contributed by atoms with Crippen molar-refractivity contribution in [3.63, 3.8) is 0 Å². The Kier molecular flexibility index (Phi) is 14.7. The molecule has 45 heavy (non-hydrogen) atoms. The molecule has 2 aliphatic rings. The van der Waals surface area contributed by atoms with E-state index in [1.807, 2.05) is 25.8 Å². The van der Waals surface area contributed by atoms with Gasteiger partial charge in [-0.15, -0.1) is 0 Å². The van der Waals surface area contributed by atoms with E-state index in [1.165, 1.54) is 44.2 Å². The Morgan fingerprint density at radius 3 is 2.29 bits per heavy atom. The SMILES string of the molecule is CCCCCCCCCCOC(=O)[C@H](CCc1ccc([N+](=O)[O-])cc1)N[C@H]1CC[C@@H](C(=O)OC(C)(C)C)N2CCCCN2C1=O. The summed E-state index contributed by atoms with van der Waals surface area (Å²) >= 11 is 0. The number of hydrogen-bond acceptors (Lipinski definition) is 9. The lowest BCUT2D eigenvalue weighted by atomic mass is 10.0. The molecule has 2 heterocycles. The number of aryl methyl sites for hydroxylation is 1. The van der Waals surface area contributed by atoms with Gasteiger partial charge in [-0.2, -0.15) is 0 Å². The number of amides is 1. The van der Waals surface area contributed by atoms with Gasteiger partial charge in [0.15, 0.2) is 0 Å². The van der Waals surface area contributed by atoms with Crippen molar-refractivity contribution in [1.29, 1.82) is 0 Å². The normalized spacial score (nSPS) is 19.8. The molecule has 3 rings (SSSR count). The van der Waals surface area contributed by atoms with Crippen molar-refractivity contribution < 1.29 is 28.8 Å². The zero-order valence-electron chi connectivity index (χ0n) is 27.8. The minimum atomic E-state index is -0.750. The number of hydrazine groups is 1. The third kappa shape index (κ3) is 12.0. The van der Waals surface area contributed by atoms with Gasteiger partial charge in [-0.3, -0.25) is 34.8 Å². The number of carbonyl (C=O) groups is 3. The molecule has 2 aliphatic heterocycles. The van der Waals surface area contributed by atoms with E-state index in [1.54, 1.807) is 17.1 Å². The molecule has 0 saturated carbocycles. The lowest BCUT2D eigenvalue weighted by Crippen LogP contribution is -2.59. The van der Waals surface area contributed by atoms with Crippen LogP contribution in [-0.2, 0) is 30.3 Å². The van der Waals surface area contributed by atoms with Gasteiger partial charge in [0, 0.05) is 25.2 Å². The number of nitrogens with zero attached hydrogens (tertiary/aromatic N) is 3. The minimum absolute atomic E-state index is 0.00729. The quantitative estimate of drug-likeness (QED) is 0.0970. The zero-order chi connectivity index (χ0) is 32.8. The number of esters is 2. The van der Waals surface area contributed by atoms with Crippen molar-refractivity contribution in [2.45, 2.75) is 141 Å². The highest BCUT2D eigenvalue weighted by molar-refractivity contribution is 5.85. The molecule has 2 fully saturated rings. The molecule has 1 N–H and O–H groups in total. The summed E-state index contributed by atoms with van der Waals surface area (Å²) in [7, 11) is 0. The molecule has 1 amide bonds. The van der Waals surface area contributed by atoms with Gasteiger partial charge >= 0.3 is 11.9 Å². The largest absolute Gasteiger partial charge is 0.465 e. The Hall–Kier alpha value is -3.05. The molecule has 0 bridgehead atoms. The summed E-state index contributed by atoms with van der Waals surface area (Å²) in [5.74, 6) is -0.907. The average Bonchev–Trinajstić information content (AvgIpc) is 3.14. The number of carbonyl (C=O) groups excluding carboxylic acids is 3. The molecule has 11 nitrogen and oxygen atoms in total. The molecule has 1 aromatic carbocycles. The van der Waals surface area contributed by atoms with Gasteiger partial charge in [0.25, 0.3) is 11.6 Å². The molecular weight excluding hydrogens is 576 g/mol. The number of ether oxygens (including phenoxy) is 2. The molecule has 3 atom stereocenters. The van der Waals surface area contributed by atoms with Gasteiger partial charge in [0.05, 0.1) is 17.6 Å².